The van der Waals surface area contributed by atoms with Crippen LogP contribution in [0, 0.1) is 0 Å². The average molecular weight is 371 g/mol. The first kappa shape index (κ1) is 16.9. The van der Waals surface area contributed by atoms with Crippen LogP contribution in [-0.4, -0.2) is 16.1 Å². The molecule has 0 bridgehead atoms. The quantitative estimate of drug-likeness (QED) is 0.718. The lowest BCUT2D eigenvalue weighted by Gasteiger charge is -2.11. The maximum atomic E-state index is 12.8. The molecule has 1 N–H and O–H groups in total. The molecule has 2 rings (SSSR count). The normalized spacial score (nSPS) is 11.5. The van der Waals surface area contributed by atoms with Gasteiger partial charge in [-0.05, 0) is 24.3 Å². The van der Waals surface area contributed by atoms with Gasteiger partial charge >= 0.3 is 12.1 Å². The summed E-state index contributed by atoms with van der Waals surface area (Å²) in [5.74, 6) is -1.53. The first-order valence-electron chi connectivity index (χ1n) is 5.57. The number of carboxylic acid groups (broad SMARTS) is 1. The Kier molecular flexibility index (Phi) is 4.56. The SMILES string of the molecule is O=C(O)c1cc(-c2cc(Cl)cc(Cl)c2Cl)nc(C(F)(F)F)c1. The van der Waals surface area contributed by atoms with Crippen LogP contribution in [0.5, 0.6) is 0 Å². The molecule has 0 unspecified atom stereocenters. The Morgan fingerprint density at radius 1 is 1.09 bits per heavy atom. The zero-order valence-electron chi connectivity index (χ0n) is 10.4. The van der Waals surface area contributed by atoms with Gasteiger partial charge in [0.1, 0.15) is 5.69 Å². The Morgan fingerprint density at radius 2 is 1.73 bits per heavy atom. The third kappa shape index (κ3) is 3.45. The summed E-state index contributed by atoms with van der Waals surface area (Å²) in [7, 11) is 0. The molecular formula is C13H5Cl3F3NO2. The van der Waals surface area contributed by atoms with Crippen molar-refractivity contribution in [3.05, 3.63) is 50.6 Å². The molecule has 0 spiro atoms. The molecule has 3 nitrogen and oxygen atoms in total. The van der Waals surface area contributed by atoms with Gasteiger partial charge in [0.05, 0.1) is 21.3 Å². The predicted molar refractivity (Wildman–Crippen MR) is 76.7 cm³/mol. The van der Waals surface area contributed by atoms with E-state index >= 15 is 0 Å². The second-order valence-electron chi connectivity index (χ2n) is 4.18. The van der Waals surface area contributed by atoms with Crippen LogP contribution in [0.4, 0.5) is 13.2 Å². The molecule has 1 aromatic carbocycles. The van der Waals surface area contributed by atoms with Gasteiger partial charge in [-0.15, -0.1) is 0 Å². The summed E-state index contributed by atoms with van der Waals surface area (Å²) >= 11 is 17.6. The van der Waals surface area contributed by atoms with E-state index in [1.54, 1.807) is 0 Å². The van der Waals surface area contributed by atoms with Gasteiger partial charge in [0, 0.05) is 10.6 Å². The van der Waals surface area contributed by atoms with E-state index in [1.165, 1.54) is 12.1 Å². The van der Waals surface area contributed by atoms with Gasteiger partial charge in [-0.2, -0.15) is 13.2 Å². The molecule has 0 aliphatic rings. The van der Waals surface area contributed by atoms with Crippen LogP contribution in [0.1, 0.15) is 16.1 Å². The molecule has 0 aliphatic carbocycles. The molecule has 22 heavy (non-hydrogen) atoms. The molecule has 0 saturated heterocycles. The minimum absolute atomic E-state index is 0.00719. The van der Waals surface area contributed by atoms with Gasteiger partial charge in [0.15, 0.2) is 0 Å². The van der Waals surface area contributed by atoms with E-state index < -0.39 is 23.4 Å². The number of aromatic carboxylic acids is 1. The monoisotopic (exact) mass is 369 g/mol. The van der Waals surface area contributed by atoms with Crippen molar-refractivity contribution in [3.8, 4) is 11.3 Å². The first-order chi connectivity index (χ1) is 10.1. The fourth-order valence-corrected chi connectivity index (χ4v) is 2.38. The van der Waals surface area contributed by atoms with E-state index in [-0.39, 0.29) is 26.3 Å². The number of halogens is 6. The van der Waals surface area contributed by atoms with Gasteiger partial charge in [-0.1, -0.05) is 34.8 Å². The second-order valence-corrected chi connectivity index (χ2v) is 5.40. The van der Waals surface area contributed by atoms with E-state index in [1.807, 2.05) is 0 Å². The maximum absolute atomic E-state index is 12.8. The minimum atomic E-state index is -4.81. The maximum Gasteiger partial charge on any atom is 0.433 e. The van der Waals surface area contributed by atoms with Crippen molar-refractivity contribution >= 4 is 40.8 Å². The highest BCUT2D eigenvalue weighted by Crippen LogP contribution is 2.37. The summed E-state index contributed by atoms with van der Waals surface area (Å²) in [4.78, 5) is 14.4. The Labute approximate surface area is 137 Å². The zero-order chi connectivity index (χ0) is 16.7. The van der Waals surface area contributed by atoms with Crippen molar-refractivity contribution in [2.75, 3.05) is 0 Å². The average Bonchev–Trinajstić information content (AvgIpc) is 2.41. The highest BCUT2D eigenvalue weighted by atomic mass is 35.5. The Balaban J connectivity index is 2.75. The third-order valence-corrected chi connectivity index (χ3v) is 3.65. The number of carboxylic acids is 1. The molecule has 2 aromatic rings. The van der Waals surface area contributed by atoms with E-state index in [2.05, 4.69) is 4.98 Å². The fraction of sp³-hybridized carbons (Fsp3) is 0.0769. The molecule has 0 amide bonds. The molecular weight excluding hydrogens is 366 g/mol. The smallest absolute Gasteiger partial charge is 0.433 e. The number of rotatable bonds is 2. The summed E-state index contributed by atoms with van der Waals surface area (Å²) in [5.41, 5.74) is -2.21. The predicted octanol–water partition coefficient (Wildman–Crippen LogP) is 5.43. The van der Waals surface area contributed by atoms with Crippen LogP contribution in [-0.2, 0) is 6.18 Å². The van der Waals surface area contributed by atoms with E-state index in [9.17, 15) is 18.0 Å². The van der Waals surface area contributed by atoms with Gasteiger partial charge < -0.3 is 5.11 Å². The largest absolute Gasteiger partial charge is 0.478 e. The molecule has 1 heterocycles. The van der Waals surface area contributed by atoms with Crippen molar-refractivity contribution < 1.29 is 23.1 Å². The molecule has 0 saturated carbocycles. The lowest BCUT2D eigenvalue weighted by Crippen LogP contribution is -2.11. The van der Waals surface area contributed by atoms with E-state index in [0.29, 0.717) is 6.07 Å². The Bertz CT molecular complexity index is 763. The zero-order valence-corrected chi connectivity index (χ0v) is 12.6. The van der Waals surface area contributed by atoms with Gasteiger partial charge in [-0.25, -0.2) is 9.78 Å². The fourth-order valence-electron chi connectivity index (χ4n) is 1.68. The van der Waals surface area contributed by atoms with Crippen molar-refractivity contribution in [2.24, 2.45) is 0 Å². The van der Waals surface area contributed by atoms with E-state index in [0.717, 1.165) is 6.07 Å². The van der Waals surface area contributed by atoms with Crippen molar-refractivity contribution in [2.45, 2.75) is 6.18 Å². The Hall–Kier alpha value is -1.50. The number of hydrogen-bond donors (Lipinski definition) is 1. The second kappa shape index (κ2) is 5.95. The van der Waals surface area contributed by atoms with Gasteiger partial charge in [-0.3, -0.25) is 0 Å². The molecule has 0 fully saturated rings. The van der Waals surface area contributed by atoms with Crippen LogP contribution < -0.4 is 0 Å². The van der Waals surface area contributed by atoms with E-state index in [4.69, 9.17) is 39.9 Å². The summed E-state index contributed by atoms with van der Waals surface area (Å²) in [6, 6.07) is 3.96. The number of nitrogens with zero attached hydrogens (tertiary/aromatic N) is 1. The minimum Gasteiger partial charge on any atom is -0.478 e. The third-order valence-electron chi connectivity index (χ3n) is 2.63. The highest BCUT2D eigenvalue weighted by Gasteiger charge is 2.34. The topological polar surface area (TPSA) is 50.2 Å². The van der Waals surface area contributed by atoms with Crippen LogP contribution >= 0.6 is 34.8 Å². The Morgan fingerprint density at radius 3 is 2.27 bits per heavy atom. The standard InChI is InChI=1S/C13H5Cl3F3NO2/c14-6-3-7(11(16)8(15)4-6)9-1-5(12(21)22)2-10(20-9)13(17,18)19/h1-4H,(H,21,22). The molecule has 9 heteroatoms. The summed E-state index contributed by atoms with van der Waals surface area (Å²) in [5, 5.41) is 9.01. The molecule has 116 valence electrons. The van der Waals surface area contributed by atoms with Gasteiger partial charge in [0.2, 0.25) is 0 Å². The van der Waals surface area contributed by atoms with Crippen LogP contribution in [0.3, 0.4) is 0 Å². The van der Waals surface area contributed by atoms with Crippen molar-refractivity contribution in [1.29, 1.82) is 0 Å². The molecule has 0 atom stereocenters. The summed E-state index contributed by atoms with van der Waals surface area (Å²) < 4.78 is 38.5. The molecule has 1 aromatic heterocycles. The number of benzene rings is 1. The van der Waals surface area contributed by atoms with Crippen LogP contribution in [0.25, 0.3) is 11.3 Å². The number of pyridine rings is 1. The lowest BCUT2D eigenvalue weighted by molar-refractivity contribution is -0.141. The molecule has 0 radical (unpaired) electrons. The molecule has 0 aliphatic heterocycles. The number of hydrogen-bond acceptors (Lipinski definition) is 2. The van der Waals surface area contributed by atoms with Crippen LogP contribution in [0.2, 0.25) is 15.1 Å². The van der Waals surface area contributed by atoms with Crippen molar-refractivity contribution in [3.63, 3.8) is 0 Å². The lowest BCUT2D eigenvalue weighted by atomic mass is 10.1. The first-order valence-corrected chi connectivity index (χ1v) is 6.70. The number of carbonyl (C=O) groups is 1. The number of alkyl halides is 3. The summed E-state index contributed by atoms with van der Waals surface area (Å²) in [6.07, 6.45) is -4.81. The van der Waals surface area contributed by atoms with Crippen LogP contribution in [0.15, 0.2) is 24.3 Å². The van der Waals surface area contributed by atoms with Crippen molar-refractivity contribution in [1.82, 2.24) is 4.98 Å². The highest BCUT2D eigenvalue weighted by molar-refractivity contribution is 6.45. The van der Waals surface area contributed by atoms with Gasteiger partial charge in [0.25, 0.3) is 0 Å². The summed E-state index contributed by atoms with van der Waals surface area (Å²) in [6.45, 7) is 0. The number of aromatic nitrogens is 1.